The Labute approximate surface area is 166 Å². The van der Waals surface area contributed by atoms with E-state index in [1.165, 1.54) is 0 Å². The van der Waals surface area contributed by atoms with Gasteiger partial charge < -0.3 is 23.8 Å². The number of aromatic hydroxyl groups is 2. The van der Waals surface area contributed by atoms with E-state index in [4.69, 9.17) is 13.6 Å². The SMILES string of the molecule is COc1ccc(C(c2cc3ccc(O)cc3o2)c2cc3ccc(O)cc3o2)cc1. The predicted octanol–water partition coefficient (Wildman–Crippen LogP) is 5.78. The van der Waals surface area contributed by atoms with Crippen LogP contribution in [0.1, 0.15) is 23.0 Å². The van der Waals surface area contributed by atoms with E-state index in [2.05, 4.69) is 0 Å². The molecule has 0 saturated heterocycles. The molecule has 0 fully saturated rings. The maximum Gasteiger partial charge on any atom is 0.138 e. The second kappa shape index (κ2) is 6.63. The third-order valence-corrected chi connectivity index (χ3v) is 5.06. The second-order valence-electron chi connectivity index (χ2n) is 6.95. The number of furan rings is 2. The largest absolute Gasteiger partial charge is 0.508 e. The third kappa shape index (κ3) is 3.06. The second-order valence-corrected chi connectivity index (χ2v) is 6.95. The van der Waals surface area contributed by atoms with Crippen molar-refractivity contribution >= 4 is 21.9 Å². The van der Waals surface area contributed by atoms with E-state index in [0.717, 1.165) is 22.1 Å². The van der Waals surface area contributed by atoms with Crippen molar-refractivity contribution in [1.29, 1.82) is 0 Å². The van der Waals surface area contributed by atoms with Crippen molar-refractivity contribution in [2.75, 3.05) is 7.11 Å². The molecule has 0 aliphatic rings. The van der Waals surface area contributed by atoms with Gasteiger partial charge in [0.15, 0.2) is 0 Å². The first kappa shape index (κ1) is 17.3. The first-order valence-corrected chi connectivity index (χ1v) is 9.19. The van der Waals surface area contributed by atoms with E-state index in [-0.39, 0.29) is 17.4 Å². The highest BCUT2D eigenvalue weighted by Gasteiger charge is 2.25. The molecule has 0 aliphatic carbocycles. The lowest BCUT2D eigenvalue weighted by Crippen LogP contribution is -2.01. The highest BCUT2D eigenvalue weighted by atomic mass is 16.5. The van der Waals surface area contributed by atoms with Gasteiger partial charge in [-0.3, -0.25) is 0 Å². The molecule has 0 aliphatic heterocycles. The summed E-state index contributed by atoms with van der Waals surface area (Å²) in [6, 6.07) is 21.7. The molecule has 5 rings (SSSR count). The summed E-state index contributed by atoms with van der Waals surface area (Å²) in [7, 11) is 1.63. The molecule has 2 N–H and O–H groups in total. The molecule has 0 spiro atoms. The van der Waals surface area contributed by atoms with E-state index >= 15 is 0 Å². The first-order chi connectivity index (χ1) is 14.1. The molecule has 0 amide bonds. The standard InChI is InChI=1S/C24H18O5/c1-27-19-8-4-14(5-9-19)24(22-10-15-2-6-17(25)12-20(15)28-22)23-11-16-3-7-18(26)13-21(16)29-23/h2-13,24-26H,1H3. The average molecular weight is 386 g/mol. The van der Waals surface area contributed by atoms with Crippen molar-refractivity contribution in [3.63, 3.8) is 0 Å². The predicted molar refractivity (Wildman–Crippen MR) is 110 cm³/mol. The maximum atomic E-state index is 9.78. The normalized spacial score (nSPS) is 11.5. The Bertz CT molecular complexity index is 1230. The lowest BCUT2D eigenvalue weighted by atomic mass is 9.93. The Morgan fingerprint density at radius 1 is 0.690 bits per heavy atom. The number of ether oxygens (including phenoxy) is 1. The fraction of sp³-hybridized carbons (Fsp3) is 0.0833. The van der Waals surface area contributed by atoms with Gasteiger partial charge in [0.1, 0.15) is 45.9 Å². The van der Waals surface area contributed by atoms with Crippen LogP contribution in [-0.4, -0.2) is 17.3 Å². The fourth-order valence-electron chi connectivity index (χ4n) is 3.63. The van der Waals surface area contributed by atoms with Crippen LogP contribution in [0.4, 0.5) is 0 Å². The zero-order valence-corrected chi connectivity index (χ0v) is 15.6. The van der Waals surface area contributed by atoms with Crippen LogP contribution in [0, 0.1) is 0 Å². The molecule has 0 bridgehead atoms. The number of fused-ring (bicyclic) bond motifs is 2. The molecule has 3 aromatic carbocycles. The Morgan fingerprint density at radius 2 is 1.21 bits per heavy atom. The van der Waals surface area contributed by atoms with Crippen LogP contribution in [0.5, 0.6) is 17.2 Å². The van der Waals surface area contributed by atoms with Gasteiger partial charge in [-0.25, -0.2) is 0 Å². The molecule has 29 heavy (non-hydrogen) atoms. The number of hydrogen-bond donors (Lipinski definition) is 2. The van der Waals surface area contributed by atoms with Crippen LogP contribution in [-0.2, 0) is 0 Å². The number of methoxy groups -OCH3 is 1. The Kier molecular flexibility index (Phi) is 3.95. The first-order valence-electron chi connectivity index (χ1n) is 9.19. The van der Waals surface area contributed by atoms with Gasteiger partial charge in [-0.2, -0.15) is 0 Å². The van der Waals surface area contributed by atoms with Gasteiger partial charge in [0.25, 0.3) is 0 Å². The van der Waals surface area contributed by atoms with E-state index < -0.39 is 0 Å². The molecule has 5 aromatic rings. The van der Waals surface area contributed by atoms with Crippen molar-refractivity contribution < 1.29 is 23.8 Å². The zero-order chi connectivity index (χ0) is 20.0. The van der Waals surface area contributed by atoms with Gasteiger partial charge in [0.05, 0.1) is 7.11 Å². The number of benzene rings is 3. The highest BCUT2D eigenvalue weighted by Crippen LogP contribution is 2.39. The van der Waals surface area contributed by atoms with Gasteiger partial charge in [-0.15, -0.1) is 0 Å². The molecule has 0 radical (unpaired) electrons. The smallest absolute Gasteiger partial charge is 0.138 e. The van der Waals surface area contributed by atoms with Crippen molar-refractivity contribution in [3.05, 3.63) is 89.9 Å². The summed E-state index contributed by atoms with van der Waals surface area (Å²) < 4.78 is 17.5. The summed E-state index contributed by atoms with van der Waals surface area (Å²) >= 11 is 0. The number of rotatable bonds is 4. The van der Waals surface area contributed by atoms with E-state index in [1.54, 1.807) is 31.4 Å². The highest BCUT2D eigenvalue weighted by molar-refractivity contribution is 5.81. The van der Waals surface area contributed by atoms with Crippen molar-refractivity contribution in [1.82, 2.24) is 0 Å². The monoisotopic (exact) mass is 386 g/mol. The summed E-state index contributed by atoms with van der Waals surface area (Å²) in [5.74, 6) is 2.15. The van der Waals surface area contributed by atoms with Crippen molar-refractivity contribution in [2.24, 2.45) is 0 Å². The summed E-state index contributed by atoms with van der Waals surface area (Å²) in [5, 5.41) is 21.3. The molecular formula is C24H18O5. The van der Waals surface area contributed by atoms with Crippen molar-refractivity contribution in [2.45, 2.75) is 5.92 Å². The lowest BCUT2D eigenvalue weighted by Gasteiger charge is -2.13. The van der Waals surface area contributed by atoms with Crippen LogP contribution >= 0.6 is 0 Å². The van der Waals surface area contributed by atoms with Crippen LogP contribution in [0.2, 0.25) is 0 Å². The topological polar surface area (TPSA) is 76.0 Å². The van der Waals surface area contributed by atoms with Crippen LogP contribution in [0.25, 0.3) is 21.9 Å². The minimum atomic E-state index is -0.301. The number of phenolic OH excluding ortho intramolecular Hbond substituents is 2. The molecule has 0 unspecified atom stereocenters. The van der Waals surface area contributed by atoms with Gasteiger partial charge in [-0.1, -0.05) is 12.1 Å². The number of hydrogen-bond acceptors (Lipinski definition) is 5. The zero-order valence-electron chi connectivity index (χ0n) is 15.6. The molecule has 144 valence electrons. The fourth-order valence-corrected chi connectivity index (χ4v) is 3.63. The van der Waals surface area contributed by atoms with Crippen LogP contribution < -0.4 is 4.74 Å². The van der Waals surface area contributed by atoms with Gasteiger partial charge in [0, 0.05) is 22.9 Å². The minimum Gasteiger partial charge on any atom is -0.508 e. The third-order valence-electron chi connectivity index (χ3n) is 5.06. The molecule has 5 nitrogen and oxygen atoms in total. The summed E-state index contributed by atoms with van der Waals surface area (Å²) in [6.07, 6.45) is 0. The van der Waals surface area contributed by atoms with Gasteiger partial charge >= 0.3 is 0 Å². The average Bonchev–Trinajstić information content (AvgIpc) is 3.31. The Hall–Kier alpha value is -3.86. The minimum absolute atomic E-state index is 0.151. The number of phenols is 2. The molecule has 2 heterocycles. The molecule has 0 saturated carbocycles. The van der Waals surface area contributed by atoms with Gasteiger partial charge in [0.2, 0.25) is 0 Å². The summed E-state index contributed by atoms with van der Waals surface area (Å²) in [5.41, 5.74) is 2.18. The molecule has 5 heteroatoms. The van der Waals surface area contributed by atoms with E-state index in [0.29, 0.717) is 22.7 Å². The maximum absolute atomic E-state index is 9.78. The van der Waals surface area contributed by atoms with Crippen LogP contribution in [0.3, 0.4) is 0 Å². The van der Waals surface area contributed by atoms with Crippen molar-refractivity contribution in [3.8, 4) is 17.2 Å². The summed E-state index contributed by atoms with van der Waals surface area (Å²) in [6.45, 7) is 0. The van der Waals surface area contributed by atoms with Crippen LogP contribution in [0.15, 0.2) is 81.6 Å². The Morgan fingerprint density at radius 3 is 1.69 bits per heavy atom. The summed E-state index contributed by atoms with van der Waals surface area (Å²) in [4.78, 5) is 0. The molecule has 2 aromatic heterocycles. The molecular weight excluding hydrogens is 368 g/mol. The van der Waals surface area contributed by atoms with E-state index in [1.807, 2.05) is 48.5 Å². The Balaban J connectivity index is 1.70. The van der Waals surface area contributed by atoms with Gasteiger partial charge in [-0.05, 0) is 54.1 Å². The quantitative estimate of drug-likeness (QED) is 0.409. The lowest BCUT2D eigenvalue weighted by molar-refractivity contribution is 0.414. The van der Waals surface area contributed by atoms with E-state index in [9.17, 15) is 10.2 Å². The molecule has 0 atom stereocenters.